The zero-order valence-electron chi connectivity index (χ0n) is 19.7. The summed E-state index contributed by atoms with van der Waals surface area (Å²) in [5.74, 6) is -3.98. The molecule has 4 rings (SSSR count). The molecule has 0 aliphatic heterocycles. The number of aliphatic carboxylic acids is 4. The Balaban J connectivity index is 2.04. The maximum Gasteiger partial charge on any atom is 0.303 e. The second kappa shape index (κ2) is 9.60. The Bertz CT molecular complexity index is 1140. The van der Waals surface area contributed by atoms with E-state index in [1.165, 1.54) is 0 Å². The summed E-state index contributed by atoms with van der Waals surface area (Å²) in [7, 11) is 0. The molecule has 0 atom stereocenters. The standard InChI is InChI=1S/C28H28O8/c29-21(30)9-13-27(14-10-22(31)32)19-7-3-1-5-17(19)25-26(27)18-6-2-4-8-20(18)28(25,15-11-23(33)34)16-12-24(35)36/h1-8H,9-16H2,(H,29,30)(H,31,32)(H,33,34)(H,35,36). The van der Waals surface area contributed by atoms with Gasteiger partial charge in [0.25, 0.3) is 0 Å². The Morgan fingerprint density at radius 2 is 0.778 bits per heavy atom. The summed E-state index contributed by atoms with van der Waals surface area (Å²) in [5.41, 5.74) is 3.09. The van der Waals surface area contributed by atoms with Crippen molar-refractivity contribution in [2.45, 2.75) is 62.2 Å². The molecule has 4 N–H and O–H groups in total. The highest BCUT2D eigenvalue weighted by Crippen LogP contribution is 2.67. The van der Waals surface area contributed by atoms with Crippen molar-refractivity contribution in [3.63, 3.8) is 0 Å². The zero-order valence-corrected chi connectivity index (χ0v) is 19.7. The summed E-state index contributed by atoms with van der Waals surface area (Å²) in [6.45, 7) is 0. The van der Waals surface area contributed by atoms with Gasteiger partial charge in [0, 0.05) is 36.5 Å². The zero-order chi connectivity index (χ0) is 26.1. The van der Waals surface area contributed by atoms with Crippen LogP contribution in [-0.4, -0.2) is 44.3 Å². The number of fused-ring (bicyclic) bond motifs is 4. The number of carboxylic acid groups (broad SMARTS) is 4. The smallest absolute Gasteiger partial charge is 0.303 e. The van der Waals surface area contributed by atoms with E-state index in [0.717, 1.165) is 33.4 Å². The number of rotatable bonds is 12. The molecule has 8 heteroatoms. The van der Waals surface area contributed by atoms with E-state index >= 15 is 0 Å². The van der Waals surface area contributed by atoms with Gasteiger partial charge in [0.1, 0.15) is 0 Å². The minimum atomic E-state index is -0.995. The summed E-state index contributed by atoms with van der Waals surface area (Å²) >= 11 is 0. The van der Waals surface area contributed by atoms with Gasteiger partial charge in [-0.05, 0) is 59.1 Å². The molecule has 2 aliphatic rings. The second-order valence-corrected chi connectivity index (χ2v) is 9.58. The molecule has 0 saturated heterocycles. The van der Waals surface area contributed by atoms with E-state index in [1.54, 1.807) is 0 Å². The van der Waals surface area contributed by atoms with Crippen LogP contribution in [0.1, 0.15) is 73.6 Å². The number of hydrogen-bond acceptors (Lipinski definition) is 4. The van der Waals surface area contributed by atoms with Crippen molar-refractivity contribution in [2.24, 2.45) is 0 Å². The molecule has 36 heavy (non-hydrogen) atoms. The van der Waals surface area contributed by atoms with Gasteiger partial charge < -0.3 is 20.4 Å². The Hall–Kier alpha value is -3.94. The van der Waals surface area contributed by atoms with Crippen LogP contribution in [0.15, 0.2) is 48.5 Å². The Kier molecular flexibility index (Phi) is 6.71. The molecule has 188 valence electrons. The third-order valence-corrected chi connectivity index (χ3v) is 7.69. The number of benzene rings is 2. The lowest BCUT2D eigenvalue weighted by atomic mass is 9.67. The fourth-order valence-electron chi connectivity index (χ4n) is 6.34. The van der Waals surface area contributed by atoms with E-state index < -0.39 is 34.7 Å². The molecule has 2 aliphatic carbocycles. The van der Waals surface area contributed by atoms with Crippen molar-refractivity contribution in [1.29, 1.82) is 0 Å². The summed E-state index contributed by atoms with van der Waals surface area (Å²) in [6, 6.07) is 14.9. The third kappa shape index (κ3) is 4.17. The predicted molar refractivity (Wildman–Crippen MR) is 131 cm³/mol. The van der Waals surface area contributed by atoms with Crippen LogP contribution in [0.5, 0.6) is 0 Å². The first-order valence-corrected chi connectivity index (χ1v) is 11.9. The lowest BCUT2D eigenvalue weighted by molar-refractivity contribution is -0.139. The molecule has 0 bridgehead atoms. The Morgan fingerprint density at radius 3 is 1.06 bits per heavy atom. The van der Waals surface area contributed by atoms with Gasteiger partial charge in [0.05, 0.1) is 0 Å². The van der Waals surface area contributed by atoms with Crippen LogP contribution in [0.2, 0.25) is 0 Å². The highest BCUT2D eigenvalue weighted by Gasteiger charge is 2.56. The minimum absolute atomic E-state index is 0.174. The first kappa shape index (κ1) is 25.2. The van der Waals surface area contributed by atoms with Gasteiger partial charge >= 0.3 is 23.9 Å². The fourth-order valence-corrected chi connectivity index (χ4v) is 6.34. The maximum absolute atomic E-state index is 11.7. The van der Waals surface area contributed by atoms with Gasteiger partial charge in [-0.15, -0.1) is 0 Å². The van der Waals surface area contributed by atoms with Gasteiger partial charge in [0.15, 0.2) is 0 Å². The van der Waals surface area contributed by atoms with Gasteiger partial charge in [-0.3, -0.25) is 19.2 Å². The number of allylic oxidation sites excluding steroid dienone is 2. The van der Waals surface area contributed by atoms with E-state index in [0.29, 0.717) is 0 Å². The van der Waals surface area contributed by atoms with E-state index in [9.17, 15) is 39.6 Å². The monoisotopic (exact) mass is 492 g/mol. The number of hydrogen-bond donors (Lipinski definition) is 4. The fraction of sp³-hybridized carbons (Fsp3) is 0.357. The second-order valence-electron chi connectivity index (χ2n) is 9.58. The van der Waals surface area contributed by atoms with Crippen molar-refractivity contribution in [1.82, 2.24) is 0 Å². The van der Waals surface area contributed by atoms with Crippen LogP contribution in [0.4, 0.5) is 0 Å². The minimum Gasteiger partial charge on any atom is -0.481 e. The molecule has 0 aromatic heterocycles. The first-order chi connectivity index (χ1) is 17.1. The lowest BCUT2D eigenvalue weighted by Crippen LogP contribution is -2.29. The number of carbonyl (C=O) groups is 4. The van der Waals surface area contributed by atoms with Crippen molar-refractivity contribution in [3.8, 4) is 0 Å². The van der Waals surface area contributed by atoms with E-state index in [-0.39, 0.29) is 51.4 Å². The van der Waals surface area contributed by atoms with E-state index in [4.69, 9.17) is 0 Å². The normalized spacial score (nSPS) is 16.2. The first-order valence-electron chi connectivity index (χ1n) is 11.9. The van der Waals surface area contributed by atoms with Crippen LogP contribution in [0.3, 0.4) is 0 Å². The topological polar surface area (TPSA) is 149 Å². The molecular weight excluding hydrogens is 464 g/mol. The van der Waals surface area contributed by atoms with Crippen molar-refractivity contribution >= 4 is 35.0 Å². The maximum atomic E-state index is 11.7. The molecule has 0 unspecified atom stereocenters. The molecule has 0 saturated carbocycles. The molecule has 2 aromatic rings. The summed E-state index contributed by atoms with van der Waals surface area (Å²) in [4.78, 5) is 46.8. The predicted octanol–water partition coefficient (Wildman–Crippen LogP) is 4.56. The summed E-state index contributed by atoms with van der Waals surface area (Å²) < 4.78 is 0. The van der Waals surface area contributed by atoms with Crippen molar-refractivity contribution in [2.75, 3.05) is 0 Å². The van der Waals surface area contributed by atoms with Crippen LogP contribution in [-0.2, 0) is 30.0 Å². The van der Waals surface area contributed by atoms with E-state index in [1.807, 2.05) is 48.5 Å². The molecule has 0 fully saturated rings. The van der Waals surface area contributed by atoms with Crippen LogP contribution in [0, 0.1) is 0 Å². The van der Waals surface area contributed by atoms with Crippen LogP contribution in [0.25, 0.3) is 11.1 Å². The van der Waals surface area contributed by atoms with Crippen LogP contribution < -0.4 is 0 Å². The quantitative estimate of drug-likeness (QED) is 0.337. The van der Waals surface area contributed by atoms with Gasteiger partial charge in [-0.25, -0.2) is 0 Å². The molecule has 0 amide bonds. The summed E-state index contributed by atoms with van der Waals surface area (Å²) in [5, 5.41) is 38.3. The average Bonchev–Trinajstić information content (AvgIpc) is 3.29. The average molecular weight is 493 g/mol. The molecule has 0 heterocycles. The van der Waals surface area contributed by atoms with Gasteiger partial charge in [-0.2, -0.15) is 0 Å². The van der Waals surface area contributed by atoms with Crippen molar-refractivity contribution < 1.29 is 39.6 Å². The molecule has 0 spiro atoms. The summed E-state index contributed by atoms with van der Waals surface area (Å²) in [6.07, 6.45) is -0.00838. The molecule has 0 radical (unpaired) electrons. The van der Waals surface area contributed by atoms with Gasteiger partial charge in [-0.1, -0.05) is 48.5 Å². The highest BCUT2D eigenvalue weighted by atomic mass is 16.4. The third-order valence-electron chi connectivity index (χ3n) is 7.69. The Labute approximate surface area is 207 Å². The van der Waals surface area contributed by atoms with E-state index in [2.05, 4.69) is 0 Å². The highest BCUT2D eigenvalue weighted by molar-refractivity contribution is 6.10. The lowest BCUT2D eigenvalue weighted by Gasteiger charge is -2.35. The number of carboxylic acids is 4. The largest absolute Gasteiger partial charge is 0.481 e. The SMILES string of the molecule is O=C(O)CCC1(CCC(=O)O)C2=C(c3ccccc31)C(CCC(=O)O)(CCC(=O)O)c1ccccc12. The van der Waals surface area contributed by atoms with Crippen molar-refractivity contribution in [3.05, 3.63) is 70.8 Å². The molecular formula is C28H28O8. The Morgan fingerprint density at radius 1 is 0.500 bits per heavy atom. The van der Waals surface area contributed by atoms with Gasteiger partial charge in [0.2, 0.25) is 0 Å². The molecule has 2 aromatic carbocycles. The molecule has 8 nitrogen and oxygen atoms in total. The van der Waals surface area contributed by atoms with Crippen LogP contribution >= 0.6 is 0 Å².